The van der Waals surface area contributed by atoms with Crippen molar-refractivity contribution in [3.05, 3.63) is 12.2 Å². The standard InChI is InChI=1S/C54H101N5O10/c1-7-9-11-13-15-17-19-21-23-25-27-29-31-33-35-37-39-59(47(63)38-36-34-32-30-28-26-24-22-20-18-16-14-12-10-8-2)54(55)48(51(66)50(65)44(42-60)68-54)49(64)43(3)58-46(62)41-56-45(61)40-57-52(67)69-53(4,5)6/h22,24,43-44,48,50-51,60,65-66H,7-21,23,25-42,55H2,1-6H3,(H,56,61)(H,57,67)(H,58,62)/b24-22-/t43-,44+,48+,50+,51+,54-/m0/s1. The van der Waals surface area contributed by atoms with Crippen LogP contribution >= 0.6 is 0 Å². The second-order valence-electron chi connectivity index (χ2n) is 20.6. The summed E-state index contributed by atoms with van der Waals surface area (Å²) in [6, 6.07) is -1.31. The van der Waals surface area contributed by atoms with Crippen molar-refractivity contribution in [2.24, 2.45) is 11.7 Å². The molecule has 0 aromatic carbocycles. The van der Waals surface area contributed by atoms with Crippen LogP contribution in [0.1, 0.15) is 234 Å². The van der Waals surface area contributed by atoms with Crippen LogP contribution in [-0.4, -0.2) is 112 Å². The van der Waals surface area contributed by atoms with Crippen LogP contribution in [0.5, 0.6) is 0 Å². The van der Waals surface area contributed by atoms with Gasteiger partial charge in [-0.1, -0.05) is 174 Å². The number of alkyl carbamates (subject to hydrolysis) is 1. The molecule has 1 heterocycles. The van der Waals surface area contributed by atoms with Crippen LogP contribution in [0.2, 0.25) is 0 Å². The van der Waals surface area contributed by atoms with Crippen LogP contribution in [0, 0.1) is 5.92 Å². The molecule has 15 nitrogen and oxygen atoms in total. The van der Waals surface area contributed by atoms with E-state index in [4.69, 9.17) is 15.2 Å². The number of nitrogens with one attached hydrogen (secondary N) is 3. The van der Waals surface area contributed by atoms with E-state index in [2.05, 4.69) is 41.9 Å². The summed E-state index contributed by atoms with van der Waals surface area (Å²) in [7, 11) is 0. The lowest BCUT2D eigenvalue weighted by atomic mass is 9.80. The summed E-state index contributed by atoms with van der Waals surface area (Å²) in [5.41, 5.74) is 6.24. The zero-order chi connectivity index (χ0) is 51.3. The molecule has 1 rings (SSSR count). The highest BCUT2D eigenvalue weighted by Gasteiger charge is 2.59. The van der Waals surface area contributed by atoms with Gasteiger partial charge in [0, 0.05) is 13.0 Å². The van der Waals surface area contributed by atoms with E-state index in [9.17, 15) is 39.3 Å². The molecule has 402 valence electrons. The normalized spacial score (nSPS) is 19.9. The third-order valence-corrected chi connectivity index (χ3v) is 13.0. The first kappa shape index (κ1) is 63.9. The molecule has 0 aromatic heterocycles. The Morgan fingerprint density at radius 3 is 1.55 bits per heavy atom. The van der Waals surface area contributed by atoms with Crippen molar-refractivity contribution in [3.8, 4) is 0 Å². The lowest BCUT2D eigenvalue weighted by Gasteiger charge is -2.53. The van der Waals surface area contributed by atoms with E-state index in [0.29, 0.717) is 12.8 Å². The summed E-state index contributed by atoms with van der Waals surface area (Å²) in [5.74, 6) is -6.59. The third-order valence-electron chi connectivity index (χ3n) is 13.0. The Kier molecular flexibility index (Phi) is 35.7. The minimum atomic E-state index is -2.27. The second-order valence-corrected chi connectivity index (χ2v) is 20.6. The number of allylic oxidation sites excluding steroid dienone is 2. The summed E-state index contributed by atoms with van der Waals surface area (Å²) in [5, 5.41) is 40.0. The zero-order valence-corrected chi connectivity index (χ0v) is 44.3. The lowest BCUT2D eigenvalue weighted by Crippen LogP contribution is -2.76. The van der Waals surface area contributed by atoms with E-state index < -0.39 is 85.1 Å². The van der Waals surface area contributed by atoms with Crippen molar-refractivity contribution in [2.45, 2.75) is 270 Å². The van der Waals surface area contributed by atoms with Crippen molar-refractivity contribution >= 4 is 29.6 Å². The first-order chi connectivity index (χ1) is 33.0. The van der Waals surface area contributed by atoms with Gasteiger partial charge in [-0.25, -0.2) is 4.79 Å². The molecular weight excluding hydrogens is 879 g/mol. The molecule has 0 unspecified atom stereocenters. The van der Waals surface area contributed by atoms with Crippen molar-refractivity contribution in [1.82, 2.24) is 20.9 Å². The zero-order valence-electron chi connectivity index (χ0n) is 44.3. The van der Waals surface area contributed by atoms with Crippen LogP contribution in [0.3, 0.4) is 0 Å². The maximum atomic E-state index is 14.3. The molecule has 69 heavy (non-hydrogen) atoms. The van der Waals surface area contributed by atoms with Gasteiger partial charge < -0.3 is 45.6 Å². The Morgan fingerprint density at radius 1 is 0.652 bits per heavy atom. The van der Waals surface area contributed by atoms with Crippen LogP contribution in [0.15, 0.2) is 12.2 Å². The molecule has 1 aliphatic rings. The Morgan fingerprint density at radius 2 is 1.09 bits per heavy atom. The SMILES string of the molecule is CCCCCCCC/C=C\CCCCCCCC(=O)N(CCCCCCCCCCCCCCCCCC)[C@]1(N)O[C@H](CO)[C@@H](O)[C@H](O)[C@H]1C(=O)[C@H](C)NC(=O)CNC(=O)CNC(=O)OC(C)(C)C. The number of aliphatic hydroxyl groups is 3. The highest BCUT2D eigenvalue weighted by atomic mass is 16.6. The fourth-order valence-electron chi connectivity index (χ4n) is 8.93. The molecule has 0 radical (unpaired) electrons. The van der Waals surface area contributed by atoms with Crippen molar-refractivity contribution in [1.29, 1.82) is 0 Å². The number of Topliss-reactive ketones (excluding diaryl/α,β-unsaturated/α-hetero) is 1. The third kappa shape index (κ3) is 29.1. The van der Waals surface area contributed by atoms with Crippen LogP contribution in [-0.2, 0) is 28.7 Å². The molecule has 1 aliphatic heterocycles. The van der Waals surface area contributed by atoms with E-state index in [0.717, 1.165) is 64.2 Å². The Hall–Kier alpha value is -3.11. The predicted octanol–water partition coefficient (Wildman–Crippen LogP) is 9.17. The van der Waals surface area contributed by atoms with Gasteiger partial charge >= 0.3 is 6.09 Å². The van der Waals surface area contributed by atoms with Crippen molar-refractivity contribution < 1.29 is 48.8 Å². The van der Waals surface area contributed by atoms with Crippen LogP contribution in [0.25, 0.3) is 0 Å². The molecule has 0 aliphatic carbocycles. The number of carbonyl (C=O) groups excluding carboxylic acids is 5. The van der Waals surface area contributed by atoms with E-state index in [1.807, 2.05) is 0 Å². The quantitative estimate of drug-likeness (QED) is 0.0174. The first-order valence-corrected chi connectivity index (χ1v) is 27.5. The maximum absolute atomic E-state index is 14.3. The van der Waals surface area contributed by atoms with Gasteiger partial charge in [0.15, 0.2) is 5.78 Å². The molecule has 0 bridgehead atoms. The van der Waals surface area contributed by atoms with Gasteiger partial charge in [-0.15, -0.1) is 0 Å². The number of carbonyl (C=O) groups is 5. The minimum absolute atomic E-state index is 0.119. The number of hydrogen-bond acceptors (Lipinski definition) is 11. The Labute approximate surface area is 418 Å². The van der Waals surface area contributed by atoms with Gasteiger partial charge in [0.1, 0.15) is 30.3 Å². The van der Waals surface area contributed by atoms with Gasteiger partial charge in [0.2, 0.25) is 23.6 Å². The number of ketones is 1. The number of nitrogens with two attached hydrogens (primary N) is 1. The fourth-order valence-corrected chi connectivity index (χ4v) is 8.93. The molecule has 4 amide bonds. The smallest absolute Gasteiger partial charge is 0.408 e. The monoisotopic (exact) mass is 980 g/mol. The van der Waals surface area contributed by atoms with E-state index in [1.165, 1.54) is 121 Å². The number of ether oxygens (including phenoxy) is 2. The highest BCUT2D eigenvalue weighted by Crippen LogP contribution is 2.36. The summed E-state index contributed by atoms with van der Waals surface area (Å²) < 4.78 is 11.2. The molecule has 1 saturated heterocycles. The topological polar surface area (TPSA) is 230 Å². The van der Waals surface area contributed by atoms with Gasteiger partial charge in [-0.05, 0) is 66.2 Å². The van der Waals surface area contributed by atoms with Gasteiger partial charge in [-0.2, -0.15) is 0 Å². The average molecular weight is 980 g/mol. The fraction of sp³-hybridized carbons (Fsp3) is 0.870. The average Bonchev–Trinajstić information content (AvgIpc) is 3.30. The highest BCUT2D eigenvalue weighted by molar-refractivity contribution is 5.93. The molecule has 0 spiro atoms. The molecule has 6 atom stereocenters. The van der Waals surface area contributed by atoms with E-state index >= 15 is 0 Å². The molecule has 8 N–H and O–H groups in total. The van der Waals surface area contributed by atoms with Crippen molar-refractivity contribution in [3.63, 3.8) is 0 Å². The molecule has 15 heteroatoms. The lowest BCUT2D eigenvalue weighted by molar-refractivity contribution is -0.291. The number of amides is 4. The largest absolute Gasteiger partial charge is 0.444 e. The van der Waals surface area contributed by atoms with Gasteiger partial charge in [0.05, 0.1) is 25.3 Å². The molecule has 0 aromatic rings. The van der Waals surface area contributed by atoms with E-state index in [1.54, 1.807) is 20.8 Å². The number of rotatable bonds is 41. The first-order valence-electron chi connectivity index (χ1n) is 27.5. The summed E-state index contributed by atoms with van der Waals surface area (Å²) in [6.45, 7) is 9.27. The van der Waals surface area contributed by atoms with Crippen LogP contribution < -0.4 is 21.7 Å². The van der Waals surface area contributed by atoms with Crippen molar-refractivity contribution in [2.75, 3.05) is 26.2 Å². The maximum Gasteiger partial charge on any atom is 0.408 e. The van der Waals surface area contributed by atoms with Crippen LogP contribution in [0.4, 0.5) is 4.79 Å². The second kappa shape index (κ2) is 38.6. The van der Waals surface area contributed by atoms with Gasteiger partial charge in [-0.3, -0.25) is 24.9 Å². The minimum Gasteiger partial charge on any atom is -0.444 e. The molecular formula is C54H101N5O10. The number of nitrogens with zero attached hydrogens (tertiary/aromatic N) is 1. The Balaban J connectivity index is 2.95. The van der Waals surface area contributed by atoms with E-state index in [-0.39, 0.29) is 18.9 Å². The Bertz CT molecular complexity index is 1430. The molecule has 1 fully saturated rings. The number of hydrogen-bond donors (Lipinski definition) is 7. The summed E-state index contributed by atoms with van der Waals surface area (Å²) in [4.78, 5) is 67.1. The molecule has 0 saturated carbocycles. The summed E-state index contributed by atoms with van der Waals surface area (Å²) in [6.07, 6.45) is 32.1. The summed E-state index contributed by atoms with van der Waals surface area (Å²) >= 11 is 0. The predicted molar refractivity (Wildman–Crippen MR) is 275 cm³/mol. The number of unbranched alkanes of at least 4 members (excludes halogenated alkanes) is 26. The van der Waals surface area contributed by atoms with Gasteiger partial charge in [0.25, 0.3) is 0 Å². The number of aliphatic hydroxyl groups excluding tert-OH is 3.